The Labute approximate surface area is 120 Å². The highest BCUT2D eigenvalue weighted by atomic mass is 19.1. The van der Waals surface area contributed by atoms with Crippen molar-refractivity contribution in [2.75, 3.05) is 5.73 Å². The summed E-state index contributed by atoms with van der Waals surface area (Å²) in [7, 11) is 1.87. The van der Waals surface area contributed by atoms with Gasteiger partial charge in [-0.3, -0.25) is 4.98 Å². The lowest BCUT2D eigenvalue weighted by molar-refractivity contribution is 0.473. The van der Waals surface area contributed by atoms with Gasteiger partial charge in [-0.15, -0.1) is 0 Å². The van der Waals surface area contributed by atoms with Crippen molar-refractivity contribution < 1.29 is 9.13 Å². The molecule has 0 amide bonds. The highest BCUT2D eigenvalue weighted by molar-refractivity contribution is 5.55. The predicted octanol–water partition coefficient (Wildman–Crippen LogP) is 2.39. The van der Waals surface area contributed by atoms with Crippen LogP contribution in [0.1, 0.15) is 0 Å². The van der Waals surface area contributed by atoms with Gasteiger partial charge in [0.05, 0.1) is 18.2 Å². The second-order valence-corrected chi connectivity index (χ2v) is 4.44. The minimum atomic E-state index is -0.619. The fourth-order valence-corrected chi connectivity index (χ4v) is 1.78. The first-order valence-corrected chi connectivity index (χ1v) is 6.15. The molecule has 0 saturated heterocycles. The van der Waals surface area contributed by atoms with Gasteiger partial charge in [-0.2, -0.15) is 0 Å². The maximum atomic E-state index is 13.3. The fourth-order valence-electron chi connectivity index (χ4n) is 1.78. The molecule has 3 aromatic heterocycles. The van der Waals surface area contributed by atoms with Gasteiger partial charge in [-0.25, -0.2) is 14.4 Å². The summed E-state index contributed by atoms with van der Waals surface area (Å²) in [6.07, 6.45) is 6.49. The molecule has 0 aromatic carbocycles. The van der Waals surface area contributed by atoms with Gasteiger partial charge in [0.1, 0.15) is 17.2 Å². The Balaban J connectivity index is 1.87. The van der Waals surface area contributed by atoms with Crippen molar-refractivity contribution >= 4 is 5.82 Å². The van der Waals surface area contributed by atoms with E-state index in [0.717, 1.165) is 5.69 Å². The quantitative estimate of drug-likeness (QED) is 0.799. The number of hydrogen-bond acceptors (Lipinski definition) is 5. The Morgan fingerprint density at radius 2 is 2.00 bits per heavy atom. The van der Waals surface area contributed by atoms with E-state index in [2.05, 4.69) is 15.0 Å². The van der Waals surface area contributed by atoms with Crippen LogP contribution >= 0.6 is 0 Å². The van der Waals surface area contributed by atoms with Gasteiger partial charge in [0.15, 0.2) is 11.6 Å². The van der Waals surface area contributed by atoms with E-state index in [9.17, 15) is 4.39 Å². The highest BCUT2D eigenvalue weighted by Crippen LogP contribution is 2.25. The van der Waals surface area contributed by atoms with Crippen LogP contribution in [-0.4, -0.2) is 19.5 Å². The van der Waals surface area contributed by atoms with Gasteiger partial charge in [0, 0.05) is 31.6 Å². The first-order valence-electron chi connectivity index (χ1n) is 6.15. The Morgan fingerprint density at radius 1 is 1.14 bits per heavy atom. The minimum Gasteiger partial charge on any atom is -0.456 e. The van der Waals surface area contributed by atoms with Crippen LogP contribution in [0.15, 0.2) is 43.1 Å². The number of nitrogen functional groups attached to an aromatic ring is 1. The second-order valence-electron chi connectivity index (χ2n) is 4.44. The van der Waals surface area contributed by atoms with Crippen molar-refractivity contribution in [1.29, 1.82) is 0 Å². The molecule has 0 bridgehead atoms. The molecule has 0 radical (unpaired) electrons. The SMILES string of the molecule is Cn1cnc(-c2cc(Oc3cnc(N)c(F)c3)ccn2)c1. The number of ether oxygens (including phenoxy) is 1. The summed E-state index contributed by atoms with van der Waals surface area (Å²) in [6.45, 7) is 0. The Morgan fingerprint density at radius 3 is 2.71 bits per heavy atom. The standard InChI is InChI=1S/C14H12FN5O/c1-20-7-13(19-8-20)12-5-9(2-3-17-12)21-10-4-11(15)14(16)18-6-10/h2-8H,1H3,(H2,16,18). The smallest absolute Gasteiger partial charge is 0.168 e. The maximum absolute atomic E-state index is 13.3. The molecule has 0 atom stereocenters. The van der Waals surface area contributed by atoms with E-state index < -0.39 is 5.82 Å². The summed E-state index contributed by atoms with van der Waals surface area (Å²) in [5, 5.41) is 0. The zero-order valence-electron chi connectivity index (χ0n) is 11.2. The topological polar surface area (TPSA) is 78.8 Å². The van der Waals surface area contributed by atoms with Crippen LogP contribution in [0.5, 0.6) is 11.5 Å². The monoisotopic (exact) mass is 285 g/mol. The molecule has 21 heavy (non-hydrogen) atoms. The largest absolute Gasteiger partial charge is 0.456 e. The molecule has 0 fully saturated rings. The third-order valence-corrected chi connectivity index (χ3v) is 2.78. The summed E-state index contributed by atoms with van der Waals surface area (Å²) in [5.74, 6) is -0.00532. The lowest BCUT2D eigenvalue weighted by atomic mass is 10.3. The number of aryl methyl sites for hydroxylation is 1. The first kappa shape index (κ1) is 13.0. The van der Waals surface area contributed by atoms with E-state index in [1.54, 1.807) is 24.7 Å². The minimum absolute atomic E-state index is 0.161. The van der Waals surface area contributed by atoms with E-state index in [-0.39, 0.29) is 11.6 Å². The lowest BCUT2D eigenvalue weighted by Crippen LogP contribution is -1.95. The van der Waals surface area contributed by atoms with Crippen molar-refractivity contribution in [2.45, 2.75) is 0 Å². The highest BCUT2D eigenvalue weighted by Gasteiger charge is 2.07. The number of aromatic nitrogens is 4. The molecule has 0 saturated carbocycles. The van der Waals surface area contributed by atoms with Gasteiger partial charge in [-0.05, 0) is 6.07 Å². The van der Waals surface area contributed by atoms with E-state index in [1.807, 2.05) is 17.8 Å². The Kier molecular flexibility index (Phi) is 3.23. The van der Waals surface area contributed by atoms with E-state index in [0.29, 0.717) is 11.4 Å². The molecule has 0 spiro atoms. The summed E-state index contributed by atoms with van der Waals surface area (Å²) in [4.78, 5) is 12.2. The van der Waals surface area contributed by atoms with Crippen molar-refractivity contribution in [3.63, 3.8) is 0 Å². The van der Waals surface area contributed by atoms with E-state index >= 15 is 0 Å². The van der Waals surface area contributed by atoms with Crippen LogP contribution in [-0.2, 0) is 7.05 Å². The third-order valence-electron chi connectivity index (χ3n) is 2.78. The average molecular weight is 285 g/mol. The molecular weight excluding hydrogens is 273 g/mol. The van der Waals surface area contributed by atoms with Crippen LogP contribution in [0.2, 0.25) is 0 Å². The molecule has 3 heterocycles. The molecule has 0 unspecified atom stereocenters. The molecule has 106 valence electrons. The number of halogens is 1. The number of hydrogen-bond donors (Lipinski definition) is 1. The molecular formula is C14H12FN5O. The van der Waals surface area contributed by atoms with Crippen LogP contribution in [0.4, 0.5) is 10.2 Å². The molecule has 3 rings (SSSR count). The van der Waals surface area contributed by atoms with Gasteiger partial charge >= 0.3 is 0 Å². The number of nitrogens with two attached hydrogens (primary N) is 1. The Bertz CT molecular complexity index is 787. The second kappa shape index (κ2) is 5.20. The number of pyridine rings is 2. The maximum Gasteiger partial charge on any atom is 0.168 e. The number of anilines is 1. The molecule has 7 heteroatoms. The summed E-state index contributed by atoms with van der Waals surface area (Å²) >= 11 is 0. The number of imidazole rings is 1. The Hall–Kier alpha value is -2.96. The molecule has 0 aliphatic heterocycles. The normalized spacial score (nSPS) is 10.6. The first-order chi connectivity index (χ1) is 10.1. The van der Waals surface area contributed by atoms with Crippen molar-refractivity contribution in [1.82, 2.24) is 19.5 Å². The zero-order chi connectivity index (χ0) is 14.8. The summed E-state index contributed by atoms with van der Waals surface area (Å²) < 4.78 is 20.7. The van der Waals surface area contributed by atoms with Gasteiger partial charge in [-0.1, -0.05) is 0 Å². The van der Waals surface area contributed by atoms with Crippen molar-refractivity contribution in [2.24, 2.45) is 7.05 Å². The summed E-state index contributed by atoms with van der Waals surface area (Å²) in [5.41, 5.74) is 6.71. The molecule has 2 N–H and O–H groups in total. The zero-order valence-corrected chi connectivity index (χ0v) is 11.2. The van der Waals surface area contributed by atoms with Gasteiger partial charge in [0.2, 0.25) is 0 Å². The molecule has 0 aliphatic rings. The molecule has 6 nitrogen and oxygen atoms in total. The van der Waals surface area contributed by atoms with Crippen LogP contribution in [0.3, 0.4) is 0 Å². The van der Waals surface area contributed by atoms with Crippen LogP contribution in [0.25, 0.3) is 11.4 Å². The lowest BCUT2D eigenvalue weighted by Gasteiger charge is -2.06. The number of rotatable bonds is 3. The predicted molar refractivity (Wildman–Crippen MR) is 75.1 cm³/mol. The van der Waals surface area contributed by atoms with Gasteiger partial charge in [0.25, 0.3) is 0 Å². The van der Waals surface area contributed by atoms with E-state index in [4.69, 9.17) is 10.5 Å². The van der Waals surface area contributed by atoms with Crippen LogP contribution in [0, 0.1) is 5.82 Å². The van der Waals surface area contributed by atoms with E-state index in [1.165, 1.54) is 12.3 Å². The average Bonchev–Trinajstić information content (AvgIpc) is 2.90. The molecule has 3 aromatic rings. The third kappa shape index (κ3) is 2.81. The van der Waals surface area contributed by atoms with Crippen LogP contribution < -0.4 is 10.5 Å². The fraction of sp³-hybridized carbons (Fsp3) is 0.0714. The van der Waals surface area contributed by atoms with Gasteiger partial charge < -0.3 is 15.0 Å². The summed E-state index contributed by atoms with van der Waals surface area (Å²) in [6, 6.07) is 4.57. The van der Waals surface area contributed by atoms with Crippen molar-refractivity contribution in [3.8, 4) is 22.9 Å². The molecule has 0 aliphatic carbocycles. The van der Waals surface area contributed by atoms with Crippen molar-refractivity contribution in [3.05, 3.63) is 48.9 Å². The number of nitrogens with zero attached hydrogens (tertiary/aromatic N) is 4.